The normalized spacial score (nSPS) is 14.3. The van der Waals surface area contributed by atoms with Crippen LogP contribution in [0.3, 0.4) is 0 Å². The van der Waals surface area contributed by atoms with E-state index in [2.05, 4.69) is 60.5 Å². The van der Waals surface area contributed by atoms with E-state index in [-0.39, 0.29) is 5.91 Å². The third-order valence-electron chi connectivity index (χ3n) is 4.94. The molecule has 0 atom stereocenters. The number of hydrogen-bond acceptors (Lipinski definition) is 3. The average Bonchev–Trinajstić information content (AvgIpc) is 2.66. The van der Waals surface area contributed by atoms with Crippen molar-refractivity contribution in [3.63, 3.8) is 0 Å². The van der Waals surface area contributed by atoms with Gasteiger partial charge >= 0.3 is 0 Å². The van der Waals surface area contributed by atoms with E-state index in [1.54, 1.807) is 0 Å². The number of ether oxygens (including phenoxy) is 1. The van der Waals surface area contributed by atoms with Crippen LogP contribution in [-0.2, 0) is 22.5 Å². The highest BCUT2D eigenvalue weighted by molar-refractivity contribution is 5.76. The van der Waals surface area contributed by atoms with Gasteiger partial charge in [-0.25, -0.2) is 0 Å². The molecule has 0 saturated carbocycles. The first-order valence-corrected chi connectivity index (χ1v) is 9.37. The van der Waals surface area contributed by atoms with Crippen LogP contribution in [0.15, 0.2) is 42.5 Å². The first-order chi connectivity index (χ1) is 12.6. The number of morpholine rings is 1. The predicted octanol–water partition coefficient (Wildman–Crippen LogP) is 3.39. The Morgan fingerprint density at radius 1 is 1.08 bits per heavy atom. The Labute approximate surface area is 156 Å². The van der Waals surface area contributed by atoms with Crippen LogP contribution in [0.5, 0.6) is 0 Å². The molecule has 2 aromatic carbocycles. The predicted molar refractivity (Wildman–Crippen MR) is 106 cm³/mol. The SMILES string of the molecule is Cc1ccc(CCC(=O)NCc2ccccc2N2CCOCC2)c(C)c1. The molecule has 3 rings (SSSR count). The second-order valence-electron chi connectivity index (χ2n) is 6.93. The van der Waals surface area contributed by atoms with Gasteiger partial charge in [-0.1, -0.05) is 42.0 Å². The van der Waals surface area contributed by atoms with E-state index in [1.807, 2.05) is 6.07 Å². The fourth-order valence-corrected chi connectivity index (χ4v) is 3.43. The second-order valence-corrected chi connectivity index (χ2v) is 6.93. The van der Waals surface area contributed by atoms with Gasteiger partial charge in [-0.15, -0.1) is 0 Å². The molecule has 138 valence electrons. The van der Waals surface area contributed by atoms with Gasteiger partial charge in [-0.2, -0.15) is 0 Å². The van der Waals surface area contributed by atoms with Crippen LogP contribution in [0.1, 0.15) is 28.7 Å². The molecule has 1 saturated heterocycles. The molecule has 26 heavy (non-hydrogen) atoms. The minimum atomic E-state index is 0.0988. The van der Waals surface area contributed by atoms with Gasteiger partial charge in [0, 0.05) is 31.7 Å². The largest absolute Gasteiger partial charge is 0.378 e. The van der Waals surface area contributed by atoms with Crippen LogP contribution in [0, 0.1) is 13.8 Å². The van der Waals surface area contributed by atoms with E-state index in [1.165, 1.54) is 22.4 Å². The van der Waals surface area contributed by atoms with Crippen molar-refractivity contribution < 1.29 is 9.53 Å². The number of hydrogen-bond donors (Lipinski definition) is 1. The zero-order valence-electron chi connectivity index (χ0n) is 15.8. The summed E-state index contributed by atoms with van der Waals surface area (Å²) < 4.78 is 5.44. The lowest BCUT2D eigenvalue weighted by atomic mass is 10.0. The first kappa shape index (κ1) is 18.5. The number of rotatable bonds is 6. The maximum atomic E-state index is 12.3. The van der Waals surface area contributed by atoms with Crippen molar-refractivity contribution in [1.82, 2.24) is 5.32 Å². The summed E-state index contributed by atoms with van der Waals surface area (Å²) in [5.74, 6) is 0.0988. The van der Waals surface area contributed by atoms with Crippen molar-refractivity contribution in [3.8, 4) is 0 Å². The van der Waals surface area contributed by atoms with Gasteiger partial charge in [0.2, 0.25) is 5.91 Å². The minimum Gasteiger partial charge on any atom is -0.378 e. The molecule has 1 aliphatic rings. The van der Waals surface area contributed by atoms with Crippen molar-refractivity contribution in [3.05, 3.63) is 64.7 Å². The summed E-state index contributed by atoms with van der Waals surface area (Å²) in [5.41, 5.74) is 6.13. The number of aryl methyl sites for hydroxylation is 3. The summed E-state index contributed by atoms with van der Waals surface area (Å²) in [4.78, 5) is 14.6. The number of nitrogens with one attached hydrogen (secondary N) is 1. The van der Waals surface area contributed by atoms with Crippen LogP contribution < -0.4 is 10.2 Å². The number of carbonyl (C=O) groups excluding carboxylic acids is 1. The highest BCUT2D eigenvalue weighted by Gasteiger charge is 2.14. The monoisotopic (exact) mass is 352 g/mol. The summed E-state index contributed by atoms with van der Waals surface area (Å²) in [5, 5.41) is 3.08. The summed E-state index contributed by atoms with van der Waals surface area (Å²) in [6.45, 7) is 8.09. The molecule has 1 heterocycles. The number of amides is 1. The molecular formula is C22H28N2O2. The maximum Gasteiger partial charge on any atom is 0.220 e. The van der Waals surface area contributed by atoms with E-state index in [9.17, 15) is 4.79 Å². The number of nitrogens with zero attached hydrogens (tertiary/aromatic N) is 1. The topological polar surface area (TPSA) is 41.6 Å². The van der Waals surface area contributed by atoms with E-state index >= 15 is 0 Å². The summed E-state index contributed by atoms with van der Waals surface area (Å²) >= 11 is 0. The molecule has 0 aromatic heterocycles. The minimum absolute atomic E-state index is 0.0988. The fourth-order valence-electron chi connectivity index (χ4n) is 3.43. The molecule has 0 aliphatic carbocycles. The standard InChI is InChI=1S/C22H28N2O2/c1-17-7-8-19(18(2)15-17)9-10-22(25)23-16-20-5-3-4-6-21(20)24-11-13-26-14-12-24/h3-8,15H,9-14,16H2,1-2H3,(H,23,25). The van der Waals surface area contributed by atoms with Crippen molar-refractivity contribution in [2.75, 3.05) is 31.2 Å². The average molecular weight is 352 g/mol. The maximum absolute atomic E-state index is 12.3. The number of benzene rings is 2. The third kappa shape index (κ3) is 4.85. The first-order valence-electron chi connectivity index (χ1n) is 9.37. The molecule has 1 fully saturated rings. The van der Waals surface area contributed by atoms with Gasteiger partial charge in [-0.05, 0) is 43.0 Å². The molecule has 0 radical (unpaired) electrons. The number of para-hydroxylation sites is 1. The van der Waals surface area contributed by atoms with Crippen molar-refractivity contribution in [2.24, 2.45) is 0 Å². The Hall–Kier alpha value is -2.33. The summed E-state index contributed by atoms with van der Waals surface area (Å²) in [6, 6.07) is 14.7. The van der Waals surface area contributed by atoms with Gasteiger partial charge in [0.1, 0.15) is 0 Å². The molecule has 0 bridgehead atoms. The Bertz CT molecular complexity index is 752. The molecule has 1 N–H and O–H groups in total. The lowest BCUT2D eigenvalue weighted by Gasteiger charge is -2.30. The quantitative estimate of drug-likeness (QED) is 0.866. The zero-order chi connectivity index (χ0) is 18.4. The van der Waals surface area contributed by atoms with Gasteiger partial charge in [0.25, 0.3) is 0 Å². The fraction of sp³-hybridized carbons (Fsp3) is 0.409. The van der Waals surface area contributed by atoms with Gasteiger partial charge < -0.3 is 15.0 Å². The Morgan fingerprint density at radius 3 is 2.62 bits per heavy atom. The van der Waals surface area contributed by atoms with Crippen LogP contribution in [0.25, 0.3) is 0 Å². The van der Waals surface area contributed by atoms with Crippen molar-refractivity contribution in [2.45, 2.75) is 33.2 Å². The molecule has 2 aromatic rings. The Morgan fingerprint density at radius 2 is 1.85 bits per heavy atom. The Kier molecular flexibility index (Phi) is 6.29. The Balaban J connectivity index is 1.54. The lowest BCUT2D eigenvalue weighted by Crippen LogP contribution is -2.37. The summed E-state index contributed by atoms with van der Waals surface area (Å²) in [6.07, 6.45) is 1.30. The van der Waals surface area contributed by atoms with E-state index < -0.39 is 0 Å². The van der Waals surface area contributed by atoms with Gasteiger partial charge in [0.15, 0.2) is 0 Å². The van der Waals surface area contributed by atoms with Gasteiger partial charge in [0.05, 0.1) is 13.2 Å². The molecular weight excluding hydrogens is 324 g/mol. The second kappa shape index (κ2) is 8.86. The molecule has 0 unspecified atom stereocenters. The van der Waals surface area contributed by atoms with E-state index in [0.717, 1.165) is 38.3 Å². The van der Waals surface area contributed by atoms with Crippen LogP contribution in [0.2, 0.25) is 0 Å². The smallest absolute Gasteiger partial charge is 0.220 e. The highest BCUT2D eigenvalue weighted by atomic mass is 16.5. The molecule has 1 aliphatic heterocycles. The molecule has 4 nitrogen and oxygen atoms in total. The number of carbonyl (C=O) groups is 1. The van der Waals surface area contributed by atoms with Crippen LogP contribution >= 0.6 is 0 Å². The molecule has 1 amide bonds. The molecule has 4 heteroatoms. The van der Waals surface area contributed by atoms with E-state index in [4.69, 9.17) is 4.74 Å². The van der Waals surface area contributed by atoms with Crippen molar-refractivity contribution >= 4 is 11.6 Å². The molecule has 0 spiro atoms. The van der Waals surface area contributed by atoms with Crippen molar-refractivity contribution in [1.29, 1.82) is 0 Å². The van der Waals surface area contributed by atoms with Gasteiger partial charge in [-0.3, -0.25) is 4.79 Å². The number of anilines is 1. The third-order valence-corrected chi connectivity index (χ3v) is 4.94. The van der Waals surface area contributed by atoms with Crippen LogP contribution in [-0.4, -0.2) is 32.2 Å². The van der Waals surface area contributed by atoms with Crippen LogP contribution in [0.4, 0.5) is 5.69 Å². The summed E-state index contributed by atoms with van der Waals surface area (Å²) in [7, 11) is 0. The lowest BCUT2D eigenvalue weighted by molar-refractivity contribution is -0.121. The van der Waals surface area contributed by atoms with E-state index in [0.29, 0.717) is 13.0 Å². The zero-order valence-corrected chi connectivity index (χ0v) is 15.8. The highest BCUT2D eigenvalue weighted by Crippen LogP contribution is 2.21.